The van der Waals surface area contributed by atoms with E-state index in [0.29, 0.717) is 15.7 Å². The van der Waals surface area contributed by atoms with Crippen LogP contribution in [0.15, 0.2) is 46.9 Å². The first-order valence-electron chi connectivity index (χ1n) is 5.58. The molecular weight excluding hydrogens is 313 g/mol. The van der Waals surface area contributed by atoms with Gasteiger partial charge in [0.25, 0.3) is 0 Å². The summed E-state index contributed by atoms with van der Waals surface area (Å²) >= 11 is 3.07. The second-order valence-electron chi connectivity index (χ2n) is 3.99. The molecule has 0 spiro atoms. The fourth-order valence-electron chi connectivity index (χ4n) is 1.61. The minimum Gasteiger partial charge on any atom is -0.506 e. The Hall–Kier alpha value is -1.88. The number of rotatable bonds is 3. The number of aromatic hydroxyl groups is 1. The number of anilines is 1. The van der Waals surface area contributed by atoms with Gasteiger partial charge in [-0.2, -0.15) is 0 Å². The number of para-hydroxylation sites is 2. The van der Waals surface area contributed by atoms with E-state index in [1.54, 1.807) is 30.3 Å². The van der Waals surface area contributed by atoms with Gasteiger partial charge in [0.05, 0.1) is 16.6 Å². The smallest absolute Gasteiger partial charge is 0.228 e. The monoisotopic (exact) mass is 323 g/mol. The molecule has 0 atom stereocenters. The van der Waals surface area contributed by atoms with Crippen molar-refractivity contribution in [3.8, 4) is 5.75 Å². The lowest BCUT2D eigenvalue weighted by atomic mass is 10.1. The topological polar surface area (TPSA) is 49.3 Å². The summed E-state index contributed by atoms with van der Waals surface area (Å²) in [7, 11) is 0. The Morgan fingerprint density at radius 1 is 1.26 bits per heavy atom. The Kier molecular flexibility index (Phi) is 4.16. The molecule has 2 N–H and O–H groups in total. The maximum atomic E-state index is 13.1. The van der Waals surface area contributed by atoms with Crippen molar-refractivity contribution in [2.75, 3.05) is 5.32 Å². The zero-order valence-corrected chi connectivity index (χ0v) is 11.4. The van der Waals surface area contributed by atoms with Crippen molar-refractivity contribution in [1.29, 1.82) is 0 Å². The predicted octanol–water partition coefficient (Wildman–Crippen LogP) is 3.48. The van der Waals surface area contributed by atoms with Crippen LogP contribution in [0.3, 0.4) is 0 Å². The summed E-state index contributed by atoms with van der Waals surface area (Å²) in [5.41, 5.74) is 1.04. The third kappa shape index (κ3) is 3.54. The molecular formula is C14H11BrFNO2. The summed E-state index contributed by atoms with van der Waals surface area (Å²) in [6.45, 7) is 0. The van der Waals surface area contributed by atoms with Gasteiger partial charge in [-0.25, -0.2) is 4.39 Å². The minimum atomic E-state index is -0.370. The summed E-state index contributed by atoms with van der Waals surface area (Å²) in [6.07, 6.45) is 0.104. The van der Waals surface area contributed by atoms with Gasteiger partial charge in [0.2, 0.25) is 5.91 Å². The maximum absolute atomic E-state index is 13.1. The first-order valence-corrected chi connectivity index (χ1v) is 6.37. The van der Waals surface area contributed by atoms with Crippen molar-refractivity contribution in [3.63, 3.8) is 0 Å². The van der Waals surface area contributed by atoms with Gasteiger partial charge < -0.3 is 10.4 Å². The molecule has 0 aliphatic heterocycles. The van der Waals surface area contributed by atoms with E-state index in [0.717, 1.165) is 0 Å². The SMILES string of the molecule is O=C(Cc1ccc(F)c(Br)c1)Nc1ccccc1O. The van der Waals surface area contributed by atoms with Crippen LogP contribution < -0.4 is 5.32 Å². The van der Waals surface area contributed by atoms with Crippen LogP contribution in [0.5, 0.6) is 5.75 Å². The number of hydrogen-bond donors (Lipinski definition) is 2. The molecule has 0 unspecified atom stereocenters. The van der Waals surface area contributed by atoms with E-state index in [4.69, 9.17) is 0 Å². The molecule has 5 heteroatoms. The van der Waals surface area contributed by atoms with E-state index in [1.807, 2.05) is 0 Å². The fraction of sp³-hybridized carbons (Fsp3) is 0.0714. The van der Waals surface area contributed by atoms with E-state index in [-0.39, 0.29) is 23.9 Å². The summed E-state index contributed by atoms with van der Waals surface area (Å²) in [6, 6.07) is 10.9. The van der Waals surface area contributed by atoms with Crippen LogP contribution in [0.4, 0.5) is 10.1 Å². The molecule has 0 bridgehead atoms. The third-order valence-electron chi connectivity index (χ3n) is 2.53. The quantitative estimate of drug-likeness (QED) is 0.850. The van der Waals surface area contributed by atoms with Gasteiger partial charge in [-0.15, -0.1) is 0 Å². The number of nitrogens with one attached hydrogen (secondary N) is 1. The molecule has 0 aliphatic carbocycles. The van der Waals surface area contributed by atoms with Crippen molar-refractivity contribution in [3.05, 3.63) is 58.3 Å². The Morgan fingerprint density at radius 3 is 2.68 bits per heavy atom. The third-order valence-corrected chi connectivity index (χ3v) is 3.13. The number of benzene rings is 2. The van der Waals surface area contributed by atoms with E-state index >= 15 is 0 Å². The van der Waals surface area contributed by atoms with Gasteiger partial charge >= 0.3 is 0 Å². The lowest BCUT2D eigenvalue weighted by Gasteiger charge is -2.07. The number of hydrogen-bond acceptors (Lipinski definition) is 2. The standard InChI is InChI=1S/C14H11BrFNO2/c15-10-7-9(5-6-11(10)16)8-14(19)17-12-3-1-2-4-13(12)18/h1-7,18H,8H2,(H,17,19). The Balaban J connectivity index is 2.05. The molecule has 3 nitrogen and oxygen atoms in total. The molecule has 0 radical (unpaired) electrons. The normalized spacial score (nSPS) is 10.2. The first kappa shape index (κ1) is 13.5. The maximum Gasteiger partial charge on any atom is 0.228 e. The number of phenols is 1. The van der Waals surface area contributed by atoms with Gasteiger partial charge in [0.15, 0.2) is 0 Å². The molecule has 19 heavy (non-hydrogen) atoms. The Bertz CT molecular complexity index is 616. The number of carbonyl (C=O) groups is 1. The van der Waals surface area contributed by atoms with Crippen molar-refractivity contribution >= 4 is 27.5 Å². The van der Waals surface area contributed by atoms with Crippen LogP contribution >= 0.6 is 15.9 Å². The van der Waals surface area contributed by atoms with Gasteiger partial charge in [0.1, 0.15) is 11.6 Å². The molecule has 0 fully saturated rings. The van der Waals surface area contributed by atoms with Crippen LogP contribution in [-0.2, 0) is 11.2 Å². The number of amides is 1. The predicted molar refractivity (Wildman–Crippen MR) is 74.5 cm³/mol. The van der Waals surface area contributed by atoms with Crippen LogP contribution in [0.1, 0.15) is 5.56 Å². The summed E-state index contributed by atoms with van der Waals surface area (Å²) in [5.74, 6) is -0.638. The summed E-state index contributed by atoms with van der Waals surface area (Å²) in [5, 5.41) is 12.1. The minimum absolute atomic E-state index is 0.0103. The average Bonchev–Trinajstić information content (AvgIpc) is 2.37. The highest BCUT2D eigenvalue weighted by Crippen LogP contribution is 2.22. The van der Waals surface area contributed by atoms with Gasteiger partial charge in [0, 0.05) is 0 Å². The molecule has 0 saturated carbocycles. The lowest BCUT2D eigenvalue weighted by Crippen LogP contribution is -2.14. The Labute approximate surface area is 118 Å². The molecule has 1 amide bonds. The van der Waals surface area contributed by atoms with Crippen molar-refractivity contribution in [2.24, 2.45) is 0 Å². The van der Waals surface area contributed by atoms with Crippen LogP contribution in [0.25, 0.3) is 0 Å². The number of carbonyl (C=O) groups excluding carboxylic acids is 1. The molecule has 98 valence electrons. The molecule has 2 aromatic rings. The van der Waals surface area contributed by atoms with E-state index in [9.17, 15) is 14.3 Å². The summed E-state index contributed by atoms with van der Waals surface area (Å²) < 4.78 is 13.4. The highest BCUT2D eigenvalue weighted by atomic mass is 79.9. The van der Waals surface area contributed by atoms with E-state index in [2.05, 4.69) is 21.2 Å². The fourth-order valence-corrected chi connectivity index (χ4v) is 2.03. The first-order chi connectivity index (χ1) is 9.06. The average molecular weight is 324 g/mol. The molecule has 2 aromatic carbocycles. The highest BCUT2D eigenvalue weighted by Gasteiger charge is 2.08. The number of halogens is 2. The van der Waals surface area contributed by atoms with Crippen LogP contribution in [-0.4, -0.2) is 11.0 Å². The van der Waals surface area contributed by atoms with Crippen LogP contribution in [0, 0.1) is 5.82 Å². The Morgan fingerprint density at radius 2 is 2.00 bits per heavy atom. The van der Waals surface area contributed by atoms with Crippen molar-refractivity contribution in [1.82, 2.24) is 0 Å². The molecule has 0 aliphatic rings. The molecule has 0 aromatic heterocycles. The van der Waals surface area contributed by atoms with Gasteiger partial charge in [-0.1, -0.05) is 18.2 Å². The molecule has 0 heterocycles. The lowest BCUT2D eigenvalue weighted by molar-refractivity contribution is -0.115. The second-order valence-corrected chi connectivity index (χ2v) is 4.84. The second kappa shape index (κ2) is 5.84. The van der Waals surface area contributed by atoms with Gasteiger partial charge in [-0.3, -0.25) is 4.79 Å². The molecule has 0 saturated heterocycles. The zero-order valence-electron chi connectivity index (χ0n) is 9.86. The van der Waals surface area contributed by atoms with E-state index in [1.165, 1.54) is 12.1 Å². The zero-order chi connectivity index (χ0) is 13.8. The largest absolute Gasteiger partial charge is 0.506 e. The van der Waals surface area contributed by atoms with Gasteiger partial charge in [-0.05, 0) is 45.8 Å². The van der Waals surface area contributed by atoms with Crippen LogP contribution in [0.2, 0.25) is 0 Å². The summed E-state index contributed by atoms with van der Waals surface area (Å²) in [4.78, 5) is 11.8. The van der Waals surface area contributed by atoms with Crippen molar-refractivity contribution < 1.29 is 14.3 Å². The van der Waals surface area contributed by atoms with Crippen molar-refractivity contribution in [2.45, 2.75) is 6.42 Å². The van der Waals surface area contributed by atoms with E-state index < -0.39 is 0 Å². The highest BCUT2D eigenvalue weighted by molar-refractivity contribution is 9.10. The molecule has 2 rings (SSSR count). The number of phenolic OH excluding ortho intramolecular Hbond substituents is 1.